The third-order valence-electron chi connectivity index (χ3n) is 5.22. The summed E-state index contributed by atoms with van der Waals surface area (Å²) in [5.74, 6) is -0.0175. The first-order chi connectivity index (χ1) is 16.0. The molecule has 0 atom stereocenters. The molecule has 3 aromatic carbocycles. The summed E-state index contributed by atoms with van der Waals surface area (Å²) in [4.78, 5) is 30.5. The fourth-order valence-corrected chi connectivity index (χ4v) is 4.75. The van der Waals surface area contributed by atoms with E-state index in [0.717, 1.165) is 32.5 Å². The van der Waals surface area contributed by atoms with Crippen molar-refractivity contribution in [2.45, 2.75) is 22.6 Å². The van der Waals surface area contributed by atoms with Gasteiger partial charge in [0.2, 0.25) is 5.91 Å². The van der Waals surface area contributed by atoms with Gasteiger partial charge in [-0.05, 0) is 48.5 Å². The number of rotatable bonds is 7. The molecule has 166 valence electrons. The van der Waals surface area contributed by atoms with Crippen molar-refractivity contribution >= 4 is 46.4 Å². The third kappa shape index (κ3) is 4.71. The first-order valence-corrected chi connectivity index (χ1v) is 11.3. The Morgan fingerprint density at radius 1 is 0.909 bits per heavy atom. The highest BCUT2D eigenvalue weighted by Gasteiger charge is 2.29. The van der Waals surface area contributed by atoms with E-state index in [-0.39, 0.29) is 24.7 Å². The molecule has 0 N–H and O–H groups in total. The maximum Gasteiger partial charge on any atom is 0.315 e. The van der Waals surface area contributed by atoms with Crippen molar-refractivity contribution in [2.24, 2.45) is 0 Å². The lowest BCUT2D eigenvalue weighted by molar-refractivity contribution is -0.133. The number of fused-ring (bicyclic) bond motifs is 2. The van der Waals surface area contributed by atoms with Gasteiger partial charge in [0.1, 0.15) is 5.75 Å². The zero-order valence-corrected chi connectivity index (χ0v) is 19.2. The van der Waals surface area contributed by atoms with E-state index in [0.29, 0.717) is 5.75 Å². The highest BCUT2D eigenvalue weighted by Crippen LogP contribution is 2.50. The minimum atomic E-state index is -0.377. The molecule has 0 fully saturated rings. The second-order valence-electron chi connectivity index (χ2n) is 7.47. The summed E-state index contributed by atoms with van der Waals surface area (Å²) in [7, 11) is 2.01. The van der Waals surface area contributed by atoms with Crippen LogP contribution in [0.2, 0.25) is 0 Å². The van der Waals surface area contributed by atoms with Crippen LogP contribution in [0, 0.1) is 0 Å². The summed E-state index contributed by atoms with van der Waals surface area (Å²) in [5, 5.41) is 0. The maximum atomic E-state index is 13.1. The monoisotopic (exact) mass is 456 g/mol. The molecule has 3 aromatic rings. The average molecular weight is 457 g/mol. The Hall–Kier alpha value is -3.77. The molecule has 1 amide bonds. The van der Waals surface area contributed by atoms with E-state index in [1.54, 1.807) is 34.9 Å². The predicted molar refractivity (Wildman–Crippen MR) is 134 cm³/mol. The van der Waals surface area contributed by atoms with Crippen LogP contribution in [-0.4, -0.2) is 18.9 Å². The van der Waals surface area contributed by atoms with E-state index in [9.17, 15) is 9.59 Å². The molecule has 0 unspecified atom stereocenters. The Morgan fingerprint density at radius 3 is 2.27 bits per heavy atom. The number of para-hydroxylation sites is 1. The number of ether oxygens (including phenoxy) is 1. The number of anilines is 4. The molecule has 0 saturated heterocycles. The Bertz CT molecular complexity index is 1220. The number of amides is 1. The van der Waals surface area contributed by atoms with Gasteiger partial charge in [0.15, 0.2) is 0 Å². The lowest BCUT2D eigenvalue weighted by atomic mass is 10.1. The van der Waals surface area contributed by atoms with E-state index in [1.165, 1.54) is 6.08 Å². The van der Waals surface area contributed by atoms with E-state index in [2.05, 4.69) is 24.1 Å². The minimum Gasteiger partial charge on any atom is -0.426 e. The molecule has 33 heavy (non-hydrogen) atoms. The number of nitrogens with zero attached hydrogens (tertiary/aromatic N) is 2. The second kappa shape index (κ2) is 9.79. The Morgan fingerprint density at radius 2 is 1.58 bits per heavy atom. The summed E-state index contributed by atoms with van der Waals surface area (Å²) in [6.45, 7) is 7.29. The number of hydrogen-bond acceptors (Lipinski definition) is 5. The number of hydrogen-bond donors (Lipinski definition) is 0. The van der Waals surface area contributed by atoms with Crippen LogP contribution < -0.4 is 14.5 Å². The zero-order chi connectivity index (χ0) is 23.4. The van der Waals surface area contributed by atoms with Gasteiger partial charge in [-0.15, -0.1) is 13.2 Å². The van der Waals surface area contributed by atoms with Crippen LogP contribution >= 0.6 is 11.8 Å². The van der Waals surface area contributed by atoms with Crippen LogP contribution in [-0.2, 0) is 9.59 Å². The summed E-state index contributed by atoms with van der Waals surface area (Å²) >= 11 is 1.55. The molecule has 0 aliphatic carbocycles. The number of carbonyl (C=O) groups excluding carboxylic acids is 2. The molecule has 0 saturated carbocycles. The Balaban J connectivity index is 1.74. The van der Waals surface area contributed by atoms with Crippen LogP contribution in [0.15, 0.2) is 102 Å². The topological polar surface area (TPSA) is 49.9 Å². The predicted octanol–water partition coefficient (Wildman–Crippen LogP) is 6.64. The van der Waals surface area contributed by atoms with E-state index >= 15 is 0 Å². The van der Waals surface area contributed by atoms with Crippen LogP contribution in [0.3, 0.4) is 0 Å². The van der Waals surface area contributed by atoms with Gasteiger partial charge < -0.3 is 9.64 Å². The quantitative estimate of drug-likeness (QED) is 0.227. The van der Waals surface area contributed by atoms with E-state index in [1.807, 2.05) is 55.6 Å². The summed E-state index contributed by atoms with van der Waals surface area (Å²) in [6.07, 6.45) is 3.45. The van der Waals surface area contributed by atoms with Crippen molar-refractivity contribution in [1.82, 2.24) is 0 Å². The molecule has 0 radical (unpaired) electrons. The van der Waals surface area contributed by atoms with Gasteiger partial charge in [0.25, 0.3) is 0 Å². The first kappa shape index (κ1) is 22.4. The number of carbonyl (C=O) groups is 2. The van der Waals surface area contributed by atoms with Crippen molar-refractivity contribution in [3.63, 3.8) is 0 Å². The average Bonchev–Trinajstić information content (AvgIpc) is 2.82. The normalized spacial score (nSPS) is 11.7. The molecule has 6 heteroatoms. The van der Waals surface area contributed by atoms with E-state index < -0.39 is 0 Å². The molecule has 5 nitrogen and oxygen atoms in total. The van der Waals surface area contributed by atoms with Crippen molar-refractivity contribution in [2.75, 3.05) is 16.8 Å². The standard InChI is InChI=1S/C27H24N2O3S/c1-4-9-26(30)29-22-15-13-20(28(3)19-11-7-6-8-12-19)17-24(22)33-25-18-21(14-16-23(25)29)32-27(31)10-5-2/h4-8,11-18H,1-2,9-10H2,3H3. The fourth-order valence-electron chi connectivity index (χ4n) is 3.63. The second-order valence-corrected chi connectivity index (χ2v) is 8.55. The summed E-state index contributed by atoms with van der Waals surface area (Å²) < 4.78 is 5.42. The summed E-state index contributed by atoms with van der Waals surface area (Å²) in [5.41, 5.74) is 3.64. The molecule has 4 rings (SSSR count). The SMILES string of the molecule is C=CCC(=O)Oc1ccc2c(c1)Sc1cc(N(C)c3ccccc3)ccc1N2C(=O)CC=C. The highest BCUT2D eigenvalue weighted by atomic mass is 32.2. The Kier molecular flexibility index (Phi) is 6.66. The van der Waals surface area contributed by atoms with Crippen LogP contribution in [0.4, 0.5) is 22.7 Å². The van der Waals surface area contributed by atoms with Gasteiger partial charge in [-0.1, -0.05) is 42.1 Å². The smallest absolute Gasteiger partial charge is 0.315 e. The van der Waals surface area contributed by atoms with Crippen molar-refractivity contribution < 1.29 is 14.3 Å². The number of esters is 1. The third-order valence-corrected chi connectivity index (χ3v) is 6.31. The van der Waals surface area contributed by atoms with Crippen LogP contribution in [0.25, 0.3) is 0 Å². The van der Waals surface area contributed by atoms with Gasteiger partial charge in [0, 0.05) is 34.6 Å². The molecule has 0 bridgehead atoms. The minimum absolute atomic E-state index is 0.0756. The zero-order valence-electron chi connectivity index (χ0n) is 18.4. The highest BCUT2D eigenvalue weighted by molar-refractivity contribution is 7.99. The lowest BCUT2D eigenvalue weighted by Gasteiger charge is -2.32. The Labute approximate surface area is 198 Å². The molecular weight excluding hydrogens is 432 g/mol. The van der Waals surface area contributed by atoms with Gasteiger partial charge in [-0.2, -0.15) is 0 Å². The van der Waals surface area contributed by atoms with E-state index in [4.69, 9.17) is 4.74 Å². The van der Waals surface area contributed by atoms with Gasteiger partial charge in [-0.25, -0.2) is 0 Å². The fraction of sp³-hybridized carbons (Fsp3) is 0.111. The van der Waals surface area contributed by atoms with Gasteiger partial charge >= 0.3 is 5.97 Å². The lowest BCUT2D eigenvalue weighted by Crippen LogP contribution is -2.28. The van der Waals surface area contributed by atoms with Crippen LogP contribution in [0.1, 0.15) is 12.8 Å². The van der Waals surface area contributed by atoms with Crippen LogP contribution in [0.5, 0.6) is 5.75 Å². The van der Waals surface area contributed by atoms with Gasteiger partial charge in [0.05, 0.1) is 17.8 Å². The molecule has 0 aromatic heterocycles. The summed E-state index contributed by atoms with van der Waals surface area (Å²) in [6, 6.07) is 21.4. The molecular formula is C27H24N2O3S. The van der Waals surface area contributed by atoms with Crippen molar-refractivity contribution in [3.8, 4) is 5.75 Å². The molecule has 1 heterocycles. The molecule has 1 aliphatic rings. The van der Waals surface area contributed by atoms with Crippen molar-refractivity contribution in [3.05, 3.63) is 92.0 Å². The maximum absolute atomic E-state index is 13.1. The van der Waals surface area contributed by atoms with Gasteiger partial charge in [-0.3, -0.25) is 14.5 Å². The molecule has 0 spiro atoms. The number of benzene rings is 3. The molecule has 1 aliphatic heterocycles. The van der Waals surface area contributed by atoms with Crippen molar-refractivity contribution in [1.29, 1.82) is 0 Å². The largest absolute Gasteiger partial charge is 0.426 e. The first-order valence-electron chi connectivity index (χ1n) is 10.5.